The van der Waals surface area contributed by atoms with E-state index in [9.17, 15) is 18.0 Å². The lowest BCUT2D eigenvalue weighted by atomic mass is 10.2. The molecule has 10 heteroatoms. The maximum atomic E-state index is 12.7. The SMILES string of the molecule is Cc1nc(NCCNC(=O)Nc2cccc(C(F)(F)F)c2)cc(N(C)C)n1. The molecule has 0 aliphatic carbocycles. The van der Waals surface area contributed by atoms with Gasteiger partial charge in [0, 0.05) is 38.9 Å². The average molecular weight is 382 g/mol. The molecule has 1 aromatic heterocycles. The zero-order chi connectivity index (χ0) is 20.0. The Kier molecular flexibility index (Phi) is 6.43. The molecule has 0 spiro atoms. The Hall–Kier alpha value is -3.04. The van der Waals surface area contributed by atoms with Crippen molar-refractivity contribution in [1.29, 1.82) is 0 Å². The number of nitrogens with zero attached hydrogens (tertiary/aromatic N) is 3. The predicted molar refractivity (Wildman–Crippen MR) is 98.1 cm³/mol. The topological polar surface area (TPSA) is 82.2 Å². The molecule has 0 saturated heterocycles. The number of rotatable bonds is 6. The first-order valence-electron chi connectivity index (χ1n) is 8.14. The van der Waals surface area contributed by atoms with E-state index in [0.717, 1.165) is 18.0 Å². The molecule has 27 heavy (non-hydrogen) atoms. The van der Waals surface area contributed by atoms with Crippen molar-refractivity contribution < 1.29 is 18.0 Å². The van der Waals surface area contributed by atoms with Gasteiger partial charge in [0.25, 0.3) is 0 Å². The summed E-state index contributed by atoms with van der Waals surface area (Å²) < 4.78 is 38.0. The average Bonchev–Trinajstić information content (AvgIpc) is 2.58. The van der Waals surface area contributed by atoms with Crippen molar-refractivity contribution >= 4 is 23.4 Å². The van der Waals surface area contributed by atoms with Crippen molar-refractivity contribution in [3.8, 4) is 0 Å². The highest BCUT2D eigenvalue weighted by atomic mass is 19.4. The van der Waals surface area contributed by atoms with E-state index in [1.165, 1.54) is 12.1 Å². The van der Waals surface area contributed by atoms with E-state index in [1.54, 1.807) is 13.0 Å². The summed E-state index contributed by atoms with van der Waals surface area (Å²) in [5.41, 5.74) is -0.755. The zero-order valence-electron chi connectivity index (χ0n) is 15.2. The van der Waals surface area contributed by atoms with Gasteiger partial charge in [0.2, 0.25) is 0 Å². The number of carbonyl (C=O) groups excluding carboxylic acids is 1. The Morgan fingerprint density at radius 1 is 1.15 bits per heavy atom. The van der Waals surface area contributed by atoms with Gasteiger partial charge in [-0.15, -0.1) is 0 Å². The number of halogens is 3. The molecule has 0 aliphatic rings. The van der Waals surface area contributed by atoms with Gasteiger partial charge >= 0.3 is 12.2 Å². The van der Waals surface area contributed by atoms with Crippen LogP contribution in [0.25, 0.3) is 0 Å². The number of hydrogen-bond acceptors (Lipinski definition) is 5. The highest BCUT2D eigenvalue weighted by Crippen LogP contribution is 2.30. The lowest BCUT2D eigenvalue weighted by Crippen LogP contribution is -2.32. The van der Waals surface area contributed by atoms with Gasteiger partial charge < -0.3 is 20.9 Å². The van der Waals surface area contributed by atoms with Gasteiger partial charge in [0.1, 0.15) is 17.5 Å². The molecule has 0 bridgehead atoms. The fraction of sp³-hybridized carbons (Fsp3) is 0.353. The monoisotopic (exact) mass is 382 g/mol. The number of aryl methyl sites for hydroxylation is 1. The minimum Gasteiger partial charge on any atom is -0.368 e. The molecule has 1 aromatic carbocycles. The smallest absolute Gasteiger partial charge is 0.368 e. The lowest BCUT2D eigenvalue weighted by molar-refractivity contribution is -0.137. The van der Waals surface area contributed by atoms with Gasteiger partial charge in [-0.25, -0.2) is 14.8 Å². The molecule has 0 aliphatic heterocycles. The fourth-order valence-corrected chi connectivity index (χ4v) is 2.19. The van der Waals surface area contributed by atoms with E-state index >= 15 is 0 Å². The van der Waals surface area contributed by atoms with Crippen LogP contribution >= 0.6 is 0 Å². The van der Waals surface area contributed by atoms with E-state index in [0.29, 0.717) is 18.2 Å². The Labute approximate surface area is 155 Å². The third-order valence-electron chi connectivity index (χ3n) is 3.45. The van der Waals surface area contributed by atoms with Crippen molar-refractivity contribution in [2.45, 2.75) is 13.1 Å². The Morgan fingerprint density at radius 2 is 1.89 bits per heavy atom. The van der Waals surface area contributed by atoms with Crippen LogP contribution in [0.4, 0.5) is 35.3 Å². The standard InChI is InChI=1S/C17H21F3N6O/c1-11-23-14(10-15(24-11)26(2)3)21-7-8-22-16(27)25-13-6-4-5-12(9-13)17(18,19)20/h4-6,9-10H,7-8H2,1-3H3,(H,21,23,24)(H2,22,25,27). The molecule has 3 N–H and O–H groups in total. The van der Waals surface area contributed by atoms with Crippen LogP contribution in [0.15, 0.2) is 30.3 Å². The van der Waals surface area contributed by atoms with Gasteiger partial charge in [0.05, 0.1) is 5.56 Å². The molecule has 0 fully saturated rings. The number of carbonyl (C=O) groups is 1. The summed E-state index contributed by atoms with van der Waals surface area (Å²) in [7, 11) is 3.73. The number of aromatic nitrogens is 2. The molecule has 1 heterocycles. The second kappa shape index (κ2) is 8.56. The van der Waals surface area contributed by atoms with Gasteiger partial charge in [-0.05, 0) is 25.1 Å². The van der Waals surface area contributed by atoms with Crippen LogP contribution in [0.3, 0.4) is 0 Å². The van der Waals surface area contributed by atoms with E-state index in [4.69, 9.17) is 0 Å². The number of urea groups is 1. The van der Waals surface area contributed by atoms with E-state index < -0.39 is 17.8 Å². The third-order valence-corrected chi connectivity index (χ3v) is 3.45. The molecule has 0 unspecified atom stereocenters. The molecule has 7 nitrogen and oxygen atoms in total. The summed E-state index contributed by atoms with van der Waals surface area (Å²) in [6.45, 7) is 2.42. The maximum Gasteiger partial charge on any atom is 0.416 e. The van der Waals surface area contributed by atoms with E-state index in [1.807, 2.05) is 19.0 Å². The van der Waals surface area contributed by atoms with Crippen LogP contribution in [0.2, 0.25) is 0 Å². The molecule has 0 saturated carbocycles. The van der Waals surface area contributed by atoms with Crippen molar-refractivity contribution in [2.75, 3.05) is 42.7 Å². The number of alkyl halides is 3. The van der Waals surface area contributed by atoms with Crippen molar-refractivity contribution in [3.63, 3.8) is 0 Å². The summed E-state index contributed by atoms with van der Waals surface area (Å²) in [6, 6.07) is 5.63. The Bertz CT molecular complexity index is 794. The van der Waals surface area contributed by atoms with Crippen LogP contribution in [0.1, 0.15) is 11.4 Å². The first-order chi connectivity index (χ1) is 12.6. The molecular formula is C17H21F3N6O. The Balaban J connectivity index is 1.82. The van der Waals surface area contributed by atoms with Gasteiger partial charge in [-0.1, -0.05) is 6.07 Å². The molecular weight excluding hydrogens is 361 g/mol. The van der Waals surface area contributed by atoms with Crippen LogP contribution in [0.5, 0.6) is 0 Å². The minimum absolute atomic E-state index is 0.0670. The van der Waals surface area contributed by atoms with Crippen molar-refractivity contribution in [2.24, 2.45) is 0 Å². The summed E-state index contributed by atoms with van der Waals surface area (Å²) in [5.74, 6) is 1.98. The zero-order valence-corrected chi connectivity index (χ0v) is 15.2. The predicted octanol–water partition coefficient (Wildman–Crippen LogP) is 3.10. The fourth-order valence-electron chi connectivity index (χ4n) is 2.19. The summed E-state index contributed by atoms with van der Waals surface area (Å²) in [4.78, 5) is 22.2. The van der Waals surface area contributed by atoms with E-state index in [2.05, 4.69) is 25.9 Å². The van der Waals surface area contributed by atoms with E-state index in [-0.39, 0.29) is 12.2 Å². The number of benzene rings is 1. The molecule has 146 valence electrons. The number of amides is 2. The van der Waals surface area contributed by atoms with Gasteiger partial charge in [0.15, 0.2) is 0 Å². The molecule has 2 amide bonds. The molecule has 0 atom stereocenters. The summed E-state index contributed by atoms with van der Waals surface area (Å²) >= 11 is 0. The first-order valence-corrected chi connectivity index (χ1v) is 8.14. The molecule has 2 aromatic rings. The quantitative estimate of drug-likeness (QED) is 0.669. The second-order valence-corrected chi connectivity index (χ2v) is 5.94. The number of nitrogens with one attached hydrogen (secondary N) is 3. The van der Waals surface area contributed by atoms with Crippen LogP contribution in [-0.4, -0.2) is 43.2 Å². The summed E-state index contributed by atoms with van der Waals surface area (Å²) in [5, 5.41) is 8.00. The summed E-state index contributed by atoms with van der Waals surface area (Å²) in [6.07, 6.45) is -4.46. The van der Waals surface area contributed by atoms with Crippen LogP contribution < -0.4 is 20.9 Å². The second-order valence-electron chi connectivity index (χ2n) is 5.94. The normalized spacial score (nSPS) is 11.0. The Morgan fingerprint density at radius 3 is 2.56 bits per heavy atom. The van der Waals surface area contributed by atoms with Gasteiger partial charge in [-0.3, -0.25) is 0 Å². The highest BCUT2D eigenvalue weighted by Gasteiger charge is 2.30. The maximum absolute atomic E-state index is 12.7. The first kappa shape index (κ1) is 20.3. The minimum atomic E-state index is -4.46. The number of anilines is 3. The lowest BCUT2D eigenvalue weighted by Gasteiger charge is -2.14. The van der Waals surface area contributed by atoms with Crippen LogP contribution in [0, 0.1) is 6.92 Å². The van der Waals surface area contributed by atoms with Crippen molar-refractivity contribution in [1.82, 2.24) is 15.3 Å². The number of hydrogen-bond donors (Lipinski definition) is 3. The molecule has 0 radical (unpaired) electrons. The van der Waals surface area contributed by atoms with Crippen LogP contribution in [-0.2, 0) is 6.18 Å². The molecule has 2 rings (SSSR count). The largest absolute Gasteiger partial charge is 0.416 e. The third kappa shape index (κ3) is 6.32. The van der Waals surface area contributed by atoms with Crippen molar-refractivity contribution in [3.05, 3.63) is 41.7 Å². The highest BCUT2D eigenvalue weighted by molar-refractivity contribution is 5.89. The van der Waals surface area contributed by atoms with Gasteiger partial charge in [-0.2, -0.15) is 13.2 Å².